The largest absolute Gasteiger partial charge is 0.340 e. The zero-order valence-electron chi connectivity index (χ0n) is 11.1. The van der Waals surface area contributed by atoms with Gasteiger partial charge in [-0.1, -0.05) is 0 Å². The fourth-order valence-electron chi connectivity index (χ4n) is 2.11. The Bertz CT molecular complexity index is 512. The third kappa shape index (κ3) is 2.60. The average Bonchev–Trinajstić information content (AvgIpc) is 2.92. The van der Waals surface area contributed by atoms with E-state index in [0.29, 0.717) is 0 Å². The summed E-state index contributed by atoms with van der Waals surface area (Å²) in [6.07, 6.45) is 4.54. The van der Waals surface area contributed by atoms with Crippen LogP contribution < -0.4 is 11.3 Å². The van der Waals surface area contributed by atoms with Crippen molar-refractivity contribution in [3.8, 4) is 0 Å². The Kier molecular flexibility index (Phi) is 3.78. The van der Waals surface area contributed by atoms with Gasteiger partial charge in [-0.25, -0.2) is 4.98 Å². The molecule has 0 aliphatic heterocycles. The van der Waals surface area contributed by atoms with E-state index in [-0.39, 0.29) is 6.04 Å². The van der Waals surface area contributed by atoms with E-state index >= 15 is 0 Å². The molecule has 1 atom stereocenters. The van der Waals surface area contributed by atoms with Crippen LogP contribution in [0.1, 0.15) is 30.0 Å². The Morgan fingerprint density at radius 3 is 2.83 bits per heavy atom. The minimum absolute atomic E-state index is 0.00704. The maximum atomic E-state index is 5.63. The molecular weight excluding hydrogens is 228 g/mol. The van der Waals surface area contributed by atoms with E-state index in [0.717, 1.165) is 24.4 Å². The molecule has 98 valence electrons. The zero-order chi connectivity index (χ0) is 13.1. The lowest BCUT2D eigenvalue weighted by Gasteiger charge is -2.14. The number of hydrazine groups is 1. The Morgan fingerprint density at radius 2 is 2.28 bits per heavy atom. The summed E-state index contributed by atoms with van der Waals surface area (Å²) < 4.78 is 3.92. The van der Waals surface area contributed by atoms with Crippen molar-refractivity contribution >= 4 is 0 Å². The molecule has 2 aromatic rings. The van der Waals surface area contributed by atoms with Gasteiger partial charge in [0, 0.05) is 31.9 Å². The molecule has 2 aromatic heterocycles. The van der Waals surface area contributed by atoms with Gasteiger partial charge in [0.05, 0.1) is 23.8 Å². The van der Waals surface area contributed by atoms with Gasteiger partial charge in [0.25, 0.3) is 0 Å². The monoisotopic (exact) mass is 248 g/mol. The van der Waals surface area contributed by atoms with Crippen LogP contribution in [-0.2, 0) is 20.0 Å². The normalized spacial score (nSPS) is 12.9. The van der Waals surface area contributed by atoms with Crippen LogP contribution in [0.25, 0.3) is 0 Å². The fourth-order valence-corrected chi connectivity index (χ4v) is 2.11. The Labute approximate surface area is 107 Å². The molecule has 0 radical (unpaired) electrons. The predicted molar refractivity (Wildman–Crippen MR) is 69.6 cm³/mol. The summed E-state index contributed by atoms with van der Waals surface area (Å²) in [5.74, 6) is 5.63. The molecule has 2 rings (SSSR count). The highest BCUT2D eigenvalue weighted by Gasteiger charge is 2.16. The van der Waals surface area contributed by atoms with Crippen LogP contribution in [0.15, 0.2) is 18.6 Å². The smallest absolute Gasteiger partial charge is 0.0947 e. The molecule has 0 saturated heterocycles. The number of aromatic nitrogens is 4. The van der Waals surface area contributed by atoms with Crippen LogP contribution in [-0.4, -0.2) is 19.3 Å². The summed E-state index contributed by atoms with van der Waals surface area (Å²) in [7, 11) is 1.95. The minimum atomic E-state index is 0.00704. The molecule has 0 aliphatic rings. The number of rotatable bonds is 5. The van der Waals surface area contributed by atoms with Crippen LogP contribution in [0.4, 0.5) is 0 Å². The lowest BCUT2D eigenvalue weighted by molar-refractivity contribution is 0.508. The van der Waals surface area contributed by atoms with Gasteiger partial charge in [0.2, 0.25) is 0 Å². The molecule has 0 saturated carbocycles. The van der Waals surface area contributed by atoms with E-state index < -0.39 is 0 Å². The van der Waals surface area contributed by atoms with Crippen LogP contribution in [0.2, 0.25) is 0 Å². The van der Waals surface area contributed by atoms with Crippen molar-refractivity contribution in [3.05, 3.63) is 35.7 Å². The summed E-state index contributed by atoms with van der Waals surface area (Å²) in [5.41, 5.74) is 5.97. The van der Waals surface area contributed by atoms with Gasteiger partial charge in [-0.05, 0) is 19.9 Å². The first kappa shape index (κ1) is 12.8. The van der Waals surface area contributed by atoms with Gasteiger partial charge in [-0.2, -0.15) is 5.10 Å². The topological polar surface area (TPSA) is 73.7 Å². The number of nitrogens with two attached hydrogens (primary N) is 1. The molecule has 0 fully saturated rings. The molecule has 18 heavy (non-hydrogen) atoms. The lowest BCUT2D eigenvalue weighted by atomic mass is 10.1. The van der Waals surface area contributed by atoms with Crippen molar-refractivity contribution in [2.24, 2.45) is 12.9 Å². The minimum Gasteiger partial charge on any atom is -0.340 e. The molecule has 0 bridgehead atoms. The molecular formula is C12H20N6. The van der Waals surface area contributed by atoms with Crippen LogP contribution >= 0.6 is 0 Å². The van der Waals surface area contributed by atoms with E-state index in [9.17, 15) is 0 Å². The second kappa shape index (κ2) is 5.32. The van der Waals surface area contributed by atoms with Crippen molar-refractivity contribution in [1.82, 2.24) is 24.8 Å². The first-order valence-corrected chi connectivity index (χ1v) is 6.11. The van der Waals surface area contributed by atoms with E-state index in [2.05, 4.69) is 28.5 Å². The number of imidazole rings is 1. The molecule has 0 aliphatic carbocycles. The van der Waals surface area contributed by atoms with E-state index in [1.807, 2.05) is 29.4 Å². The first-order valence-electron chi connectivity index (χ1n) is 6.11. The van der Waals surface area contributed by atoms with E-state index in [1.165, 1.54) is 5.69 Å². The highest BCUT2D eigenvalue weighted by atomic mass is 15.3. The molecule has 2 heterocycles. The van der Waals surface area contributed by atoms with Crippen molar-refractivity contribution in [1.29, 1.82) is 0 Å². The van der Waals surface area contributed by atoms with Crippen molar-refractivity contribution in [2.75, 3.05) is 0 Å². The number of hydrogen-bond acceptors (Lipinski definition) is 4. The highest BCUT2D eigenvalue weighted by molar-refractivity contribution is 5.14. The van der Waals surface area contributed by atoms with E-state index in [1.54, 1.807) is 6.33 Å². The Morgan fingerprint density at radius 1 is 1.50 bits per heavy atom. The quantitative estimate of drug-likeness (QED) is 0.603. The molecule has 6 nitrogen and oxygen atoms in total. The summed E-state index contributed by atoms with van der Waals surface area (Å²) >= 11 is 0. The number of nitrogens with one attached hydrogen (secondary N) is 1. The van der Waals surface area contributed by atoms with Gasteiger partial charge in [-0.15, -0.1) is 0 Å². The summed E-state index contributed by atoms with van der Waals surface area (Å²) in [4.78, 5) is 4.34. The molecule has 0 amide bonds. The second-order valence-corrected chi connectivity index (χ2v) is 4.48. The second-order valence-electron chi connectivity index (χ2n) is 4.48. The maximum Gasteiger partial charge on any atom is 0.0947 e. The van der Waals surface area contributed by atoms with Crippen molar-refractivity contribution in [3.63, 3.8) is 0 Å². The summed E-state index contributed by atoms with van der Waals surface area (Å²) in [6, 6.07) is 2.10. The lowest BCUT2D eigenvalue weighted by Crippen LogP contribution is -2.30. The molecule has 0 aromatic carbocycles. The Hall–Kier alpha value is -1.66. The average molecular weight is 248 g/mol. The Balaban J connectivity index is 2.19. The van der Waals surface area contributed by atoms with Gasteiger partial charge >= 0.3 is 0 Å². The van der Waals surface area contributed by atoms with Crippen LogP contribution in [0, 0.1) is 6.92 Å². The van der Waals surface area contributed by atoms with E-state index in [4.69, 9.17) is 5.84 Å². The third-order valence-electron chi connectivity index (χ3n) is 2.98. The summed E-state index contributed by atoms with van der Waals surface area (Å²) in [5, 5.41) is 4.44. The van der Waals surface area contributed by atoms with Gasteiger partial charge < -0.3 is 4.57 Å². The molecule has 6 heteroatoms. The molecule has 3 N–H and O–H groups in total. The predicted octanol–water partition coefficient (Wildman–Crippen LogP) is 0.692. The van der Waals surface area contributed by atoms with Crippen LogP contribution in [0.3, 0.4) is 0 Å². The van der Waals surface area contributed by atoms with Gasteiger partial charge in [-0.3, -0.25) is 16.0 Å². The molecule has 0 spiro atoms. The fraction of sp³-hybridized carbons (Fsp3) is 0.500. The zero-order valence-corrected chi connectivity index (χ0v) is 11.1. The number of aryl methyl sites for hydroxylation is 3. The van der Waals surface area contributed by atoms with Gasteiger partial charge in [0.15, 0.2) is 0 Å². The SMILES string of the molecule is CCn1nc(C)cc1CC(NN)c1cn(C)cn1. The number of nitrogens with zero attached hydrogens (tertiary/aromatic N) is 4. The standard InChI is InChI=1S/C12H20N6/c1-4-18-10(5-9(2)16-18)6-11(15-13)12-7-17(3)8-14-12/h5,7-8,11,15H,4,6,13H2,1-3H3. The highest BCUT2D eigenvalue weighted by Crippen LogP contribution is 2.16. The number of hydrogen-bond donors (Lipinski definition) is 2. The third-order valence-corrected chi connectivity index (χ3v) is 2.98. The first-order chi connectivity index (χ1) is 8.63. The maximum absolute atomic E-state index is 5.63. The van der Waals surface area contributed by atoms with Crippen LogP contribution in [0.5, 0.6) is 0 Å². The van der Waals surface area contributed by atoms with Gasteiger partial charge in [0.1, 0.15) is 0 Å². The molecule has 1 unspecified atom stereocenters. The van der Waals surface area contributed by atoms with Crippen molar-refractivity contribution in [2.45, 2.75) is 32.9 Å². The van der Waals surface area contributed by atoms with Crippen molar-refractivity contribution < 1.29 is 0 Å². The summed E-state index contributed by atoms with van der Waals surface area (Å²) in [6.45, 7) is 4.95.